The number of carbonyl (C=O) groups excluding carboxylic acids is 1. The van der Waals surface area contributed by atoms with Crippen LogP contribution in [0, 0.1) is 5.92 Å². The number of halogens is 3. The average Bonchev–Trinajstić information content (AvgIpc) is 3.01. The minimum atomic E-state index is -0.511. The first-order valence-electron chi connectivity index (χ1n) is 8.38. The Morgan fingerprint density at radius 3 is 2.50 bits per heavy atom. The molecule has 1 fully saturated rings. The zero-order valence-electron chi connectivity index (χ0n) is 14.6. The third-order valence-electron chi connectivity index (χ3n) is 5.15. The predicted molar refractivity (Wildman–Crippen MR) is 105 cm³/mol. The van der Waals surface area contributed by atoms with E-state index in [1.165, 1.54) is 0 Å². The summed E-state index contributed by atoms with van der Waals surface area (Å²) in [6.07, 6.45) is 2.58. The second kappa shape index (κ2) is 9.28. The second-order valence-electron chi connectivity index (χ2n) is 6.38. The third-order valence-corrected chi connectivity index (χ3v) is 5.89. The van der Waals surface area contributed by atoms with E-state index in [1.807, 2.05) is 24.1 Å². The Bertz CT molecular complexity index is 561. The molecule has 1 aromatic rings. The van der Waals surface area contributed by atoms with E-state index in [0.717, 1.165) is 44.5 Å². The molecular weight excluding hydrogens is 367 g/mol. The van der Waals surface area contributed by atoms with E-state index >= 15 is 0 Å². The number of amides is 1. The minimum absolute atomic E-state index is 0. The molecule has 1 aliphatic heterocycles. The molecule has 0 spiro atoms. The second-order valence-corrected chi connectivity index (χ2v) is 7.20. The largest absolute Gasteiger partial charge is 0.342 e. The number of likely N-dealkylation sites (tertiary alicyclic amines) is 1. The molecule has 1 saturated heterocycles. The lowest BCUT2D eigenvalue weighted by Crippen LogP contribution is -2.45. The molecule has 3 nitrogen and oxygen atoms in total. The maximum absolute atomic E-state index is 13.3. The molecule has 1 unspecified atom stereocenters. The van der Waals surface area contributed by atoms with Crippen molar-refractivity contribution >= 4 is 41.5 Å². The fraction of sp³-hybridized carbons (Fsp3) is 0.611. The van der Waals surface area contributed by atoms with E-state index in [2.05, 4.69) is 19.2 Å². The first kappa shape index (κ1) is 21.6. The van der Waals surface area contributed by atoms with Gasteiger partial charge in [0.15, 0.2) is 0 Å². The van der Waals surface area contributed by atoms with Crippen molar-refractivity contribution in [2.45, 2.75) is 38.5 Å². The van der Waals surface area contributed by atoms with Crippen molar-refractivity contribution in [3.05, 3.63) is 33.8 Å². The van der Waals surface area contributed by atoms with Crippen LogP contribution in [0.15, 0.2) is 18.2 Å². The van der Waals surface area contributed by atoms with Gasteiger partial charge in [0, 0.05) is 13.1 Å². The molecule has 136 valence electrons. The highest BCUT2D eigenvalue weighted by atomic mass is 35.5. The highest BCUT2D eigenvalue weighted by molar-refractivity contribution is 6.42. The van der Waals surface area contributed by atoms with Crippen LogP contribution in [0.4, 0.5) is 0 Å². The molecule has 1 heterocycles. The summed E-state index contributed by atoms with van der Waals surface area (Å²) in [5, 5.41) is 4.25. The summed E-state index contributed by atoms with van der Waals surface area (Å²) in [5.41, 5.74) is 0.460. The number of nitrogens with one attached hydrogen (secondary N) is 1. The Labute approximate surface area is 161 Å². The SMILES string of the molecule is CCC(CC)(C(=O)N1CCC(CNC)C1)c1ccc(Cl)c(Cl)c1.Cl. The monoisotopic (exact) mass is 392 g/mol. The maximum atomic E-state index is 13.3. The molecule has 0 bridgehead atoms. The van der Waals surface area contributed by atoms with Gasteiger partial charge in [-0.2, -0.15) is 0 Å². The summed E-state index contributed by atoms with van der Waals surface area (Å²) in [4.78, 5) is 15.3. The molecule has 0 radical (unpaired) electrons. The van der Waals surface area contributed by atoms with Crippen LogP contribution in [0.1, 0.15) is 38.7 Å². The van der Waals surface area contributed by atoms with Gasteiger partial charge in [-0.3, -0.25) is 4.79 Å². The van der Waals surface area contributed by atoms with Crippen molar-refractivity contribution in [1.82, 2.24) is 10.2 Å². The van der Waals surface area contributed by atoms with Gasteiger partial charge in [0.05, 0.1) is 15.5 Å². The number of rotatable bonds is 6. The van der Waals surface area contributed by atoms with Crippen LogP contribution >= 0.6 is 35.6 Å². The minimum Gasteiger partial charge on any atom is -0.342 e. The van der Waals surface area contributed by atoms with Crippen LogP contribution in [0.25, 0.3) is 0 Å². The lowest BCUT2D eigenvalue weighted by Gasteiger charge is -2.35. The van der Waals surface area contributed by atoms with E-state index in [1.54, 1.807) is 6.07 Å². The molecule has 2 rings (SSSR count). The van der Waals surface area contributed by atoms with Crippen LogP contribution in [-0.4, -0.2) is 37.5 Å². The average molecular weight is 394 g/mol. The lowest BCUT2D eigenvalue weighted by molar-refractivity contribution is -0.137. The highest BCUT2D eigenvalue weighted by Crippen LogP contribution is 2.38. The summed E-state index contributed by atoms with van der Waals surface area (Å²) in [5.74, 6) is 0.767. The van der Waals surface area contributed by atoms with Crippen molar-refractivity contribution in [1.29, 1.82) is 0 Å². The van der Waals surface area contributed by atoms with Crippen LogP contribution in [0.2, 0.25) is 10.0 Å². The Morgan fingerprint density at radius 2 is 1.96 bits per heavy atom. The molecule has 6 heteroatoms. The fourth-order valence-electron chi connectivity index (χ4n) is 3.65. The van der Waals surface area contributed by atoms with Crippen molar-refractivity contribution < 1.29 is 4.79 Å². The van der Waals surface area contributed by atoms with E-state index in [-0.39, 0.29) is 18.3 Å². The topological polar surface area (TPSA) is 32.3 Å². The van der Waals surface area contributed by atoms with Gasteiger partial charge in [-0.15, -0.1) is 12.4 Å². The highest BCUT2D eigenvalue weighted by Gasteiger charge is 2.41. The van der Waals surface area contributed by atoms with E-state index in [4.69, 9.17) is 23.2 Å². The molecule has 0 aliphatic carbocycles. The van der Waals surface area contributed by atoms with E-state index < -0.39 is 5.41 Å². The number of carbonyl (C=O) groups is 1. The Morgan fingerprint density at radius 1 is 1.29 bits per heavy atom. The molecular formula is C18H27Cl3N2O. The molecule has 1 aromatic carbocycles. The van der Waals surface area contributed by atoms with Gasteiger partial charge in [0.2, 0.25) is 5.91 Å². The zero-order chi connectivity index (χ0) is 17.0. The van der Waals surface area contributed by atoms with Gasteiger partial charge in [-0.25, -0.2) is 0 Å². The normalized spacial score (nSPS) is 17.7. The van der Waals surface area contributed by atoms with Crippen LogP contribution in [0.5, 0.6) is 0 Å². The Kier molecular flexibility index (Phi) is 8.34. The van der Waals surface area contributed by atoms with Gasteiger partial charge in [-0.1, -0.05) is 43.1 Å². The van der Waals surface area contributed by atoms with Gasteiger partial charge >= 0.3 is 0 Å². The first-order chi connectivity index (χ1) is 11.0. The van der Waals surface area contributed by atoms with Crippen LogP contribution in [-0.2, 0) is 10.2 Å². The van der Waals surface area contributed by atoms with Gasteiger partial charge in [0.1, 0.15) is 0 Å². The van der Waals surface area contributed by atoms with E-state index in [0.29, 0.717) is 16.0 Å². The van der Waals surface area contributed by atoms with Gasteiger partial charge in [-0.05, 0) is 56.5 Å². The number of hydrogen-bond donors (Lipinski definition) is 1. The molecule has 0 aromatic heterocycles. The van der Waals surface area contributed by atoms with Crippen LogP contribution < -0.4 is 5.32 Å². The standard InChI is InChI=1S/C18H26Cl2N2O.ClH/c1-4-18(5-2,14-6-7-15(19)16(20)10-14)17(23)22-9-8-13(12-22)11-21-3;/h6-7,10,13,21H,4-5,8-9,11-12H2,1-3H3;1H. The number of nitrogens with zero attached hydrogens (tertiary/aromatic N) is 1. The van der Waals surface area contributed by atoms with Gasteiger partial charge < -0.3 is 10.2 Å². The van der Waals surface area contributed by atoms with Crippen LogP contribution in [0.3, 0.4) is 0 Å². The predicted octanol–water partition coefficient (Wildman–Crippen LogP) is 4.54. The van der Waals surface area contributed by atoms with Gasteiger partial charge in [0.25, 0.3) is 0 Å². The van der Waals surface area contributed by atoms with Crippen molar-refractivity contribution in [3.63, 3.8) is 0 Å². The smallest absolute Gasteiger partial charge is 0.233 e. The summed E-state index contributed by atoms with van der Waals surface area (Å²) >= 11 is 12.2. The molecule has 1 aliphatic rings. The molecule has 24 heavy (non-hydrogen) atoms. The number of hydrogen-bond acceptors (Lipinski definition) is 2. The Hall–Kier alpha value is -0.480. The first-order valence-corrected chi connectivity index (χ1v) is 9.13. The molecule has 1 atom stereocenters. The third kappa shape index (κ3) is 4.19. The fourth-order valence-corrected chi connectivity index (χ4v) is 3.95. The van der Waals surface area contributed by atoms with Crippen molar-refractivity contribution in [2.75, 3.05) is 26.7 Å². The van der Waals surface area contributed by atoms with Crippen molar-refractivity contribution in [2.24, 2.45) is 5.92 Å². The summed E-state index contributed by atoms with van der Waals surface area (Å²) in [6.45, 7) is 6.79. The maximum Gasteiger partial charge on any atom is 0.233 e. The molecule has 1 N–H and O–H groups in total. The van der Waals surface area contributed by atoms with Crippen molar-refractivity contribution in [3.8, 4) is 0 Å². The lowest BCUT2D eigenvalue weighted by atomic mass is 9.74. The quantitative estimate of drug-likeness (QED) is 0.769. The zero-order valence-corrected chi connectivity index (χ0v) is 16.9. The summed E-state index contributed by atoms with van der Waals surface area (Å²) in [7, 11) is 1.96. The molecule has 1 amide bonds. The summed E-state index contributed by atoms with van der Waals surface area (Å²) < 4.78 is 0. The Balaban J connectivity index is 0.00000288. The van der Waals surface area contributed by atoms with E-state index in [9.17, 15) is 4.79 Å². The molecule has 0 saturated carbocycles. The number of benzene rings is 1. The summed E-state index contributed by atoms with van der Waals surface area (Å²) in [6, 6.07) is 5.59.